The molecule has 4 rings (SSSR count). The van der Waals surface area contributed by atoms with Gasteiger partial charge in [0.1, 0.15) is 11.5 Å². The Kier molecular flexibility index (Phi) is 10.6. The molecule has 8 nitrogen and oxygen atoms in total. The Hall–Kier alpha value is -2.52. The van der Waals surface area contributed by atoms with Crippen molar-refractivity contribution in [1.82, 2.24) is 20.4 Å². The van der Waals surface area contributed by atoms with E-state index >= 15 is 0 Å². The lowest BCUT2D eigenvalue weighted by Crippen LogP contribution is -2.47. The third-order valence-corrected chi connectivity index (χ3v) is 6.31. The van der Waals surface area contributed by atoms with Crippen LogP contribution in [0.1, 0.15) is 25.0 Å². The fourth-order valence-electron chi connectivity index (χ4n) is 4.07. The Morgan fingerprint density at radius 3 is 1.29 bits per heavy atom. The number of nitrogens with one attached hydrogen (secondary N) is 2. The zero-order valence-corrected chi connectivity index (χ0v) is 21.8. The highest BCUT2D eigenvalue weighted by molar-refractivity contribution is 5.85. The molecule has 0 aromatic heterocycles. The average Bonchev–Trinajstić information content (AvgIpc) is 2.86. The van der Waals surface area contributed by atoms with Gasteiger partial charge in [0, 0.05) is 57.8 Å². The summed E-state index contributed by atoms with van der Waals surface area (Å²) in [5.41, 5.74) is 1.91. The van der Waals surface area contributed by atoms with Crippen LogP contribution >= 0.6 is 24.8 Å². The summed E-state index contributed by atoms with van der Waals surface area (Å²) in [4.78, 5) is 28.1. The highest BCUT2D eigenvalue weighted by Gasteiger charge is 2.24. The van der Waals surface area contributed by atoms with Crippen LogP contribution in [-0.4, -0.2) is 74.3 Å². The smallest absolute Gasteiger partial charge is 0.410 e. The molecule has 2 aromatic rings. The number of benzene rings is 2. The summed E-state index contributed by atoms with van der Waals surface area (Å²) in [5.74, 6) is 1.07. The predicted octanol–water partition coefficient (Wildman–Crippen LogP) is 3.66. The van der Waals surface area contributed by atoms with Crippen LogP contribution in [0.25, 0.3) is 0 Å². The molecule has 0 aliphatic carbocycles. The van der Waals surface area contributed by atoms with Crippen LogP contribution in [0.3, 0.4) is 0 Å². The Labute approximate surface area is 219 Å². The van der Waals surface area contributed by atoms with Crippen molar-refractivity contribution in [3.8, 4) is 11.5 Å². The minimum atomic E-state index is -0.311. The first kappa shape index (κ1) is 28.7. The van der Waals surface area contributed by atoms with E-state index in [9.17, 15) is 9.59 Å². The third kappa shape index (κ3) is 7.24. The Balaban J connectivity index is 0.00000216. The number of piperazine rings is 2. The van der Waals surface area contributed by atoms with Crippen LogP contribution in [0.2, 0.25) is 0 Å². The molecule has 2 aliphatic heterocycles. The lowest BCUT2D eigenvalue weighted by molar-refractivity contribution is 0.145. The number of amides is 2. The zero-order valence-electron chi connectivity index (χ0n) is 20.1. The van der Waals surface area contributed by atoms with Crippen LogP contribution in [0, 0.1) is 0 Å². The van der Waals surface area contributed by atoms with Crippen molar-refractivity contribution in [1.29, 1.82) is 0 Å². The van der Waals surface area contributed by atoms with Gasteiger partial charge in [-0.15, -0.1) is 24.8 Å². The van der Waals surface area contributed by atoms with Crippen molar-refractivity contribution >= 4 is 37.0 Å². The van der Waals surface area contributed by atoms with Gasteiger partial charge in [-0.2, -0.15) is 0 Å². The van der Waals surface area contributed by atoms with Crippen LogP contribution in [0.15, 0.2) is 48.5 Å². The first-order valence-electron chi connectivity index (χ1n) is 11.5. The van der Waals surface area contributed by atoms with Gasteiger partial charge in [0.15, 0.2) is 0 Å². The van der Waals surface area contributed by atoms with Crippen molar-refractivity contribution in [2.75, 3.05) is 52.4 Å². The maximum Gasteiger partial charge on any atom is 0.415 e. The van der Waals surface area contributed by atoms with Crippen LogP contribution in [-0.2, 0) is 5.41 Å². The second kappa shape index (κ2) is 13.0. The van der Waals surface area contributed by atoms with Crippen LogP contribution in [0.4, 0.5) is 9.59 Å². The van der Waals surface area contributed by atoms with Crippen molar-refractivity contribution in [3.63, 3.8) is 0 Å². The molecule has 0 bridgehead atoms. The van der Waals surface area contributed by atoms with Gasteiger partial charge in [-0.3, -0.25) is 0 Å². The summed E-state index contributed by atoms with van der Waals surface area (Å²) in [7, 11) is 0. The molecule has 0 atom stereocenters. The second-order valence-electron chi connectivity index (χ2n) is 8.88. The molecule has 0 radical (unpaired) electrons. The number of carbonyl (C=O) groups excluding carboxylic acids is 2. The van der Waals surface area contributed by atoms with E-state index in [0.29, 0.717) is 37.7 Å². The molecule has 0 unspecified atom stereocenters. The summed E-state index contributed by atoms with van der Waals surface area (Å²) in [6.45, 7) is 10.1. The highest BCUT2D eigenvalue weighted by Crippen LogP contribution is 2.33. The Morgan fingerprint density at radius 2 is 0.971 bits per heavy atom. The fourth-order valence-corrected chi connectivity index (χ4v) is 4.07. The lowest BCUT2D eigenvalue weighted by Gasteiger charge is -2.28. The number of halogens is 2. The summed E-state index contributed by atoms with van der Waals surface area (Å²) in [6.07, 6.45) is -0.621. The van der Waals surface area contributed by atoms with Crippen LogP contribution in [0.5, 0.6) is 11.5 Å². The average molecular weight is 525 g/mol. The number of hydrogen-bond donors (Lipinski definition) is 2. The minimum absolute atomic E-state index is 0. The van der Waals surface area contributed by atoms with Gasteiger partial charge in [-0.25, -0.2) is 9.59 Å². The molecule has 2 heterocycles. The molecule has 2 saturated heterocycles. The molecule has 2 aromatic carbocycles. The number of ether oxygens (including phenoxy) is 2. The zero-order chi connectivity index (χ0) is 23.3. The van der Waals surface area contributed by atoms with Gasteiger partial charge in [-0.05, 0) is 35.4 Å². The first-order chi connectivity index (χ1) is 15.9. The largest absolute Gasteiger partial charge is 0.415 e. The maximum absolute atomic E-state index is 12.3. The number of rotatable bonds is 4. The summed E-state index contributed by atoms with van der Waals surface area (Å²) in [5, 5.41) is 6.44. The van der Waals surface area contributed by atoms with E-state index in [1.54, 1.807) is 9.80 Å². The van der Waals surface area contributed by atoms with Gasteiger partial charge < -0.3 is 29.9 Å². The Bertz CT molecular complexity index is 881. The van der Waals surface area contributed by atoms with Crippen LogP contribution < -0.4 is 20.1 Å². The molecule has 2 fully saturated rings. The second-order valence-corrected chi connectivity index (χ2v) is 8.88. The van der Waals surface area contributed by atoms with E-state index in [4.69, 9.17) is 9.47 Å². The molecule has 2 N–H and O–H groups in total. The third-order valence-electron chi connectivity index (χ3n) is 6.31. The molecule has 2 aliphatic rings. The lowest BCUT2D eigenvalue weighted by atomic mass is 9.78. The van der Waals surface area contributed by atoms with Gasteiger partial charge in [-0.1, -0.05) is 38.1 Å². The molecule has 2 amide bonds. The van der Waals surface area contributed by atoms with E-state index < -0.39 is 0 Å². The van der Waals surface area contributed by atoms with Crippen molar-refractivity contribution in [2.24, 2.45) is 0 Å². The van der Waals surface area contributed by atoms with E-state index in [2.05, 4.69) is 24.5 Å². The standard InChI is InChI=1S/C25H32N4O4.2ClH/c1-25(2,19-3-7-21(8-4-19)32-23(30)28-15-11-26-12-16-28)20-5-9-22(10-6-20)33-24(31)29-17-13-27-14-18-29;;/h3-10,26-27H,11-18H2,1-2H3;2*1H. The Morgan fingerprint density at radius 1 is 0.657 bits per heavy atom. The topological polar surface area (TPSA) is 83.1 Å². The van der Waals surface area contributed by atoms with E-state index in [1.807, 2.05) is 48.5 Å². The summed E-state index contributed by atoms with van der Waals surface area (Å²) < 4.78 is 11.1. The number of carbonyl (C=O) groups is 2. The van der Waals surface area contributed by atoms with Gasteiger partial charge in [0.25, 0.3) is 0 Å². The number of hydrogen-bond acceptors (Lipinski definition) is 6. The maximum atomic E-state index is 12.3. The van der Waals surface area contributed by atoms with Crippen molar-refractivity contribution in [3.05, 3.63) is 59.7 Å². The quantitative estimate of drug-likeness (QED) is 0.634. The molecule has 10 heteroatoms. The van der Waals surface area contributed by atoms with Gasteiger partial charge in [0.2, 0.25) is 0 Å². The molecular weight excluding hydrogens is 491 g/mol. The molecular formula is C25H34Cl2N4O4. The molecule has 35 heavy (non-hydrogen) atoms. The van der Waals surface area contributed by atoms with E-state index in [-0.39, 0.29) is 42.4 Å². The van der Waals surface area contributed by atoms with Crippen molar-refractivity contribution in [2.45, 2.75) is 19.3 Å². The normalized spacial score (nSPS) is 15.9. The van der Waals surface area contributed by atoms with Gasteiger partial charge in [0.05, 0.1) is 0 Å². The summed E-state index contributed by atoms with van der Waals surface area (Å²) >= 11 is 0. The monoisotopic (exact) mass is 524 g/mol. The first-order valence-corrected chi connectivity index (χ1v) is 11.5. The minimum Gasteiger partial charge on any atom is -0.410 e. The van der Waals surface area contributed by atoms with Gasteiger partial charge >= 0.3 is 12.2 Å². The fraction of sp³-hybridized carbons (Fsp3) is 0.440. The predicted molar refractivity (Wildman–Crippen MR) is 140 cm³/mol. The summed E-state index contributed by atoms with van der Waals surface area (Å²) in [6, 6.07) is 15.3. The van der Waals surface area contributed by atoms with E-state index in [0.717, 1.165) is 37.3 Å². The highest BCUT2D eigenvalue weighted by atomic mass is 35.5. The molecule has 192 valence electrons. The van der Waals surface area contributed by atoms with Crippen molar-refractivity contribution < 1.29 is 19.1 Å². The van der Waals surface area contributed by atoms with E-state index in [1.165, 1.54) is 0 Å². The molecule has 0 saturated carbocycles. The SMILES string of the molecule is CC(C)(c1ccc(OC(=O)N2CCNCC2)cc1)c1ccc(OC(=O)N2CCNCC2)cc1.Cl.Cl. The molecule has 0 spiro atoms. The number of nitrogens with zero attached hydrogens (tertiary/aromatic N) is 2.